The maximum Gasteiger partial charge on any atom is 0.323 e. The van der Waals surface area contributed by atoms with Crippen LogP contribution < -0.4 is 16.0 Å². The summed E-state index contributed by atoms with van der Waals surface area (Å²) in [6.07, 6.45) is 3.60. The van der Waals surface area contributed by atoms with Crippen molar-refractivity contribution < 1.29 is 24.6 Å². The number of aliphatic hydroxyl groups excluding tert-OH is 1. The smallest absolute Gasteiger partial charge is 0.323 e. The van der Waals surface area contributed by atoms with Crippen LogP contribution in [-0.2, 0) is 17.9 Å². The molecular weight excluding hydrogens is 669 g/mol. The zero-order valence-electron chi connectivity index (χ0n) is 27.0. The fourth-order valence-electron chi connectivity index (χ4n) is 6.15. The van der Waals surface area contributed by atoms with Crippen LogP contribution in [0.25, 0.3) is 11.1 Å². The number of aliphatic hydroxyl groups is 1. The van der Waals surface area contributed by atoms with E-state index < -0.39 is 23.3 Å². The molecule has 12 nitrogen and oxygen atoms in total. The lowest BCUT2D eigenvalue weighted by molar-refractivity contribution is -0.143. The molecule has 2 aliphatic rings. The largest absolute Gasteiger partial charge is 0.480 e. The van der Waals surface area contributed by atoms with Gasteiger partial charge in [0.1, 0.15) is 11.2 Å². The highest BCUT2D eigenvalue weighted by Crippen LogP contribution is 2.40. The number of halogens is 2. The second-order valence-corrected chi connectivity index (χ2v) is 13.7. The Morgan fingerprint density at radius 2 is 1.57 bits per heavy atom. The van der Waals surface area contributed by atoms with E-state index >= 15 is 0 Å². The summed E-state index contributed by atoms with van der Waals surface area (Å²) in [6.45, 7) is 5.90. The van der Waals surface area contributed by atoms with E-state index in [1.165, 1.54) is 0 Å². The van der Waals surface area contributed by atoms with Gasteiger partial charge in [-0.25, -0.2) is 0 Å². The SMILES string of the molecule is CC(C)(NC1CCCn2nc(C(=O)Nc3cccc(-c4cccc(NC(=O)c5ccc(CN6CC[C@@H](O)C6)cn5)c4Cl)c3Cl)cc21)C(=O)O. The summed E-state index contributed by atoms with van der Waals surface area (Å²) >= 11 is 13.6. The van der Waals surface area contributed by atoms with Crippen LogP contribution in [0.15, 0.2) is 60.8 Å². The van der Waals surface area contributed by atoms with Crippen LogP contribution in [-0.4, -0.2) is 72.4 Å². The number of hydrogen-bond acceptors (Lipinski definition) is 8. The van der Waals surface area contributed by atoms with Crippen LogP contribution in [0.5, 0.6) is 0 Å². The average Bonchev–Trinajstić information content (AvgIpc) is 3.70. The van der Waals surface area contributed by atoms with E-state index in [1.807, 2.05) is 6.07 Å². The number of nitrogens with zero attached hydrogens (tertiary/aromatic N) is 4. The molecule has 14 heteroatoms. The Bertz CT molecular complexity index is 1900. The molecule has 2 amide bonds. The molecule has 6 rings (SSSR count). The van der Waals surface area contributed by atoms with Gasteiger partial charge in [0.2, 0.25) is 0 Å². The van der Waals surface area contributed by atoms with Gasteiger partial charge in [-0.15, -0.1) is 0 Å². The van der Waals surface area contributed by atoms with Crippen molar-refractivity contribution in [3.8, 4) is 11.1 Å². The summed E-state index contributed by atoms with van der Waals surface area (Å²) in [7, 11) is 0. The number of benzene rings is 2. The number of aliphatic carboxylic acids is 1. The van der Waals surface area contributed by atoms with Crippen molar-refractivity contribution in [1.29, 1.82) is 0 Å². The number of anilines is 2. The standard InChI is InChI=1S/C35H37Cl2N7O5/c1-35(2,34(48)49)41-24-10-5-14-44-29(24)16-28(42-44)33(47)40-26-9-4-7-23(31(26)37)22-6-3-8-25(30(22)36)39-32(46)27-12-11-20(17-38-27)18-43-15-13-21(45)19-43/h3-4,6-9,11-12,16-17,21,24,41,45H,5,10,13-15,18-19H2,1-2H3,(H,39,46)(H,40,47)(H,48,49)/t21-,24?/m1/s1. The van der Waals surface area contributed by atoms with Crippen LogP contribution in [0.2, 0.25) is 10.0 Å². The minimum atomic E-state index is -1.16. The summed E-state index contributed by atoms with van der Waals surface area (Å²) in [5, 5.41) is 33.2. The number of aryl methyl sites for hydroxylation is 1. The number of hydrogen-bond donors (Lipinski definition) is 5. The Balaban J connectivity index is 1.16. The number of carbonyl (C=O) groups is 3. The predicted octanol–water partition coefficient (Wildman–Crippen LogP) is 5.61. The maximum atomic E-state index is 13.4. The predicted molar refractivity (Wildman–Crippen MR) is 187 cm³/mol. The van der Waals surface area contributed by atoms with Crippen LogP contribution in [0.3, 0.4) is 0 Å². The minimum Gasteiger partial charge on any atom is -0.480 e. The Morgan fingerprint density at radius 1 is 0.918 bits per heavy atom. The number of likely N-dealkylation sites (tertiary alicyclic amines) is 1. The van der Waals surface area contributed by atoms with E-state index in [2.05, 4.69) is 30.9 Å². The summed E-state index contributed by atoms with van der Waals surface area (Å²) in [4.78, 5) is 44.6. The first-order valence-corrected chi connectivity index (χ1v) is 16.8. The maximum absolute atomic E-state index is 13.4. The molecule has 0 bridgehead atoms. The fourth-order valence-corrected chi connectivity index (χ4v) is 6.70. The van der Waals surface area contributed by atoms with Crippen molar-refractivity contribution >= 4 is 52.4 Å². The van der Waals surface area contributed by atoms with E-state index in [0.29, 0.717) is 48.6 Å². The topological polar surface area (TPSA) is 162 Å². The molecule has 256 valence electrons. The molecule has 5 N–H and O–H groups in total. The van der Waals surface area contributed by atoms with E-state index in [4.69, 9.17) is 23.2 Å². The molecule has 2 aliphatic heterocycles. The fraction of sp³-hybridized carbons (Fsp3) is 0.343. The van der Waals surface area contributed by atoms with Crippen molar-refractivity contribution in [2.24, 2.45) is 0 Å². The highest BCUT2D eigenvalue weighted by Gasteiger charge is 2.34. The highest BCUT2D eigenvalue weighted by atomic mass is 35.5. The zero-order chi connectivity index (χ0) is 34.9. The molecule has 4 heterocycles. The first-order valence-electron chi connectivity index (χ1n) is 16.0. The Labute approximate surface area is 293 Å². The molecule has 1 unspecified atom stereocenters. The number of pyridine rings is 1. The Kier molecular flexibility index (Phi) is 10.0. The van der Waals surface area contributed by atoms with Gasteiger partial charge in [-0.3, -0.25) is 34.3 Å². The quantitative estimate of drug-likeness (QED) is 0.141. The lowest BCUT2D eigenvalue weighted by Crippen LogP contribution is -2.49. The first-order chi connectivity index (χ1) is 23.4. The molecule has 0 aliphatic carbocycles. The van der Waals surface area contributed by atoms with Crippen LogP contribution in [0.1, 0.15) is 71.4 Å². The number of fused-ring (bicyclic) bond motifs is 1. The van der Waals surface area contributed by atoms with Gasteiger partial charge < -0.3 is 20.8 Å². The lowest BCUT2D eigenvalue weighted by atomic mass is 9.98. The Morgan fingerprint density at radius 3 is 2.14 bits per heavy atom. The number of aromatic nitrogens is 3. The zero-order valence-corrected chi connectivity index (χ0v) is 28.6. The molecule has 2 atom stereocenters. The number of β-amino-alcohol motifs (C(OH)–C–C–N with tert-alkyl or cyclic N) is 1. The molecule has 2 aromatic carbocycles. The number of nitrogens with one attached hydrogen (secondary N) is 3. The third-order valence-corrected chi connectivity index (χ3v) is 9.64. The minimum absolute atomic E-state index is 0.178. The van der Waals surface area contributed by atoms with E-state index in [0.717, 1.165) is 30.6 Å². The second-order valence-electron chi connectivity index (χ2n) is 12.9. The summed E-state index contributed by atoms with van der Waals surface area (Å²) in [5.41, 5.74) is 2.73. The summed E-state index contributed by atoms with van der Waals surface area (Å²) in [6, 6.07) is 15.2. The van der Waals surface area contributed by atoms with Gasteiger partial charge in [0.15, 0.2) is 5.69 Å². The molecule has 49 heavy (non-hydrogen) atoms. The van der Waals surface area contributed by atoms with Gasteiger partial charge in [0.25, 0.3) is 11.8 Å². The van der Waals surface area contributed by atoms with Crippen molar-refractivity contribution in [2.75, 3.05) is 23.7 Å². The number of carboxylic acid groups (broad SMARTS) is 1. The molecule has 0 radical (unpaired) electrons. The van der Waals surface area contributed by atoms with Gasteiger partial charge in [-0.1, -0.05) is 53.5 Å². The number of amides is 2. The van der Waals surface area contributed by atoms with E-state index in [9.17, 15) is 24.6 Å². The van der Waals surface area contributed by atoms with Crippen LogP contribution in [0, 0.1) is 0 Å². The van der Waals surface area contributed by atoms with Crippen molar-refractivity contribution in [1.82, 2.24) is 25.0 Å². The van der Waals surface area contributed by atoms with Gasteiger partial charge in [0, 0.05) is 43.5 Å². The van der Waals surface area contributed by atoms with Gasteiger partial charge in [-0.05, 0) is 62.9 Å². The molecule has 0 spiro atoms. The molecule has 1 saturated heterocycles. The van der Waals surface area contributed by atoms with Crippen LogP contribution in [0.4, 0.5) is 11.4 Å². The van der Waals surface area contributed by atoms with E-state index in [-0.39, 0.29) is 33.6 Å². The highest BCUT2D eigenvalue weighted by molar-refractivity contribution is 6.40. The van der Waals surface area contributed by atoms with Crippen molar-refractivity contribution in [3.63, 3.8) is 0 Å². The number of carboxylic acids is 1. The van der Waals surface area contributed by atoms with Crippen molar-refractivity contribution in [2.45, 2.75) is 63.9 Å². The second kappa shape index (κ2) is 14.3. The lowest BCUT2D eigenvalue weighted by Gasteiger charge is -2.31. The molecule has 2 aromatic heterocycles. The summed E-state index contributed by atoms with van der Waals surface area (Å²) < 4.78 is 1.73. The van der Waals surface area contributed by atoms with Crippen molar-refractivity contribution in [3.05, 3.63) is 93.5 Å². The molecule has 1 fully saturated rings. The first kappa shape index (κ1) is 34.5. The number of carbonyl (C=O) groups excluding carboxylic acids is 2. The average molecular weight is 707 g/mol. The van der Waals surface area contributed by atoms with E-state index in [1.54, 1.807) is 73.3 Å². The molecular formula is C35H37Cl2N7O5. The third kappa shape index (κ3) is 7.63. The van der Waals surface area contributed by atoms with Gasteiger partial charge >= 0.3 is 5.97 Å². The molecule has 0 saturated carbocycles. The Hall–Kier alpha value is -4.33. The number of rotatable bonds is 10. The summed E-state index contributed by atoms with van der Waals surface area (Å²) in [5.74, 6) is -1.87. The monoisotopic (exact) mass is 705 g/mol. The van der Waals surface area contributed by atoms with Gasteiger partial charge in [-0.2, -0.15) is 5.10 Å². The van der Waals surface area contributed by atoms with Gasteiger partial charge in [0.05, 0.1) is 39.3 Å². The molecule has 4 aromatic rings. The van der Waals surface area contributed by atoms with Crippen LogP contribution >= 0.6 is 23.2 Å². The third-order valence-electron chi connectivity index (χ3n) is 8.83. The normalized spacial score (nSPS) is 17.8.